The molecule has 0 unspecified atom stereocenters. The maximum Gasteiger partial charge on any atom is 0.162 e. The van der Waals surface area contributed by atoms with Gasteiger partial charge in [-0.3, -0.25) is 0 Å². The van der Waals surface area contributed by atoms with Crippen molar-refractivity contribution in [3.63, 3.8) is 0 Å². The second-order valence-electron chi connectivity index (χ2n) is 10.3. The molecule has 3 aromatic carbocycles. The Balaban J connectivity index is 1.83. The van der Waals surface area contributed by atoms with Crippen LogP contribution in [0.4, 0.5) is 0 Å². The topological polar surface area (TPSA) is 18.5 Å². The second-order valence-corrected chi connectivity index (χ2v) is 10.3. The van der Waals surface area contributed by atoms with Gasteiger partial charge in [-0.1, -0.05) is 138 Å². The molecular weight excluding hydrogens is 488 g/mol. The average molecular weight is 535 g/mol. The van der Waals surface area contributed by atoms with E-state index in [2.05, 4.69) is 37.5 Å². The van der Waals surface area contributed by atoms with Crippen LogP contribution in [-0.4, -0.2) is 13.2 Å². The molecule has 0 aromatic heterocycles. The van der Waals surface area contributed by atoms with Crippen molar-refractivity contribution < 1.29 is 9.47 Å². The van der Waals surface area contributed by atoms with Crippen LogP contribution < -0.4 is 9.47 Å². The van der Waals surface area contributed by atoms with Gasteiger partial charge in [-0.25, -0.2) is 0 Å². The Labute approximate surface area is 243 Å². The SMILES string of the molecule is CCCCCCCCOc1cc(C#Cc2ccccc2)c(C#Cc2ccccc2)cc1OCCCCCCCC. The van der Waals surface area contributed by atoms with Crippen molar-refractivity contribution in [2.24, 2.45) is 0 Å². The third kappa shape index (κ3) is 12.1. The van der Waals surface area contributed by atoms with Crippen LogP contribution in [0, 0.1) is 23.7 Å². The van der Waals surface area contributed by atoms with Crippen molar-refractivity contribution >= 4 is 0 Å². The summed E-state index contributed by atoms with van der Waals surface area (Å²) >= 11 is 0. The molecule has 0 radical (unpaired) electrons. The van der Waals surface area contributed by atoms with Crippen LogP contribution in [0.2, 0.25) is 0 Å². The molecule has 0 aliphatic rings. The highest BCUT2D eigenvalue weighted by atomic mass is 16.5. The van der Waals surface area contributed by atoms with Gasteiger partial charge in [0.1, 0.15) is 0 Å². The zero-order chi connectivity index (χ0) is 28.1. The third-order valence-corrected chi connectivity index (χ3v) is 6.83. The Morgan fingerprint density at radius 3 is 1.23 bits per heavy atom. The lowest BCUT2D eigenvalue weighted by atomic mass is 10.1. The van der Waals surface area contributed by atoms with E-state index in [1.54, 1.807) is 0 Å². The molecule has 2 nitrogen and oxygen atoms in total. The van der Waals surface area contributed by atoms with Crippen molar-refractivity contribution in [2.75, 3.05) is 13.2 Å². The lowest BCUT2D eigenvalue weighted by Crippen LogP contribution is -2.04. The Kier molecular flexibility index (Phi) is 15.0. The normalized spacial score (nSPS) is 10.2. The number of rotatable bonds is 16. The molecule has 0 amide bonds. The molecule has 0 N–H and O–H groups in total. The fourth-order valence-corrected chi connectivity index (χ4v) is 4.44. The molecule has 0 aliphatic heterocycles. The highest BCUT2D eigenvalue weighted by molar-refractivity contribution is 5.60. The van der Waals surface area contributed by atoms with E-state index in [1.807, 2.05) is 72.8 Å². The van der Waals surface area contributed by atoms with Gasteiger partial charge in [0.15, 0.2) is 11.5 Å². The molecule has 3 aromatic rings. The highest BCUT2D eigenvalue weighted by Crippen LogP contribution is 2.31. The first-order chi connectivity index (χ1) is 19.8. The van der Waals surface area contributed by atoms with E-state index in [1.165, 1.54) is 64.2 Å². The number of unbranched alkanes of at least 4 members (excludes halogenated alkanes) is 10. The van der Waals surface area contributed by atoms with E-state index in [4.69, 9.17) is 9.47 Å². The summed E-state index contributed by atoms with van der Waals surface area (Å²) in [6, 6.07) is 24.2. The molecule has 0 heterocycles. The first-order valence-electron chi connectivity index (χ1n) is 15.4. The van der Waals surface area contributed by atoms with Crippen molar-refractivity contribution in [1.82, 2.24) is 0 Å². The zero-order valence-electron chi connectivity index (χ0n) is 24.6. The van der Waals surface area contributed by atoms with Crippen molar-refractivity contribution in [3.05, 3.63) is 95.1 Å². The van der Waals surface area contributed by atoms with Gasteiger partial charge >= 0.3 is 0 Å². The van der Waals surface area contributed by atoms with Crippen LogP contribution in [-0.2, 0) is 0 Å². The minimum atomic E-state index is 0.681. The van der Waals surface area contributed by atoms with E-state index in [9.17, 15) is 0 Å². The molecule has 0 spiro atoms. The van der Waals surface area contributed by atoms with Crippen LogP contribution in [0.15, 0.2) is 72.8 Å². The van der Waals surface area contributed by atoms with E-state index >= 15 is 0 Å². The van der Waals surface area contributed by atoms with Gasteiger partial charge in [-0.15, -0.1) is 0 Å². The van der Waals surface area contributed by atoms with Crippen molar-refractivity contribution in [2.45, 2.75) is 90.9 Å². The maximum atomic E-state index is 6.32. The van der Waals surface area contributed by atoms with Gasteiger partial charge in [0.05, 0.1) is 13.2 Å². The van der Waals surface area contributed by atoms with E-state index in [0.29, 0.717) is 13.2 Å². The summed E-state index contributed by atoms with van der Waals surface area (Å²) in [6.07, 6.45) is 14.8. The summed E-state index contributed by atoms with van der Waals surface area (Å²) < 4.78 is 12.6. The number of hydrogen-bond donors (Lipinski definition) is 0. The van der Waals surface area contributed by atoms with Crippen LogP contribution in [0.1, 0.15) is 113 Å². The summed E-state index contributed by atoms with van der Waals surface area (Å²) in [4.78, 5) is 0. The summed E-state index contributed by atoms with van der Waals surface area (Å²) in [5.41, 5.74) is 3.67. The van der Waals surface area contributed by atoms with Crippen molar-refractivity contribution in [1.29, 1.82) is 0 Å². The van der Waals surface area contributed by atoms with Gasteiger partial charge in [0, 0.05) is 34.4 Å². The molecule has 0 aliphatic carbocycles. The molecule has 0 bridgehead atoms. The fraction of sp³-hybridized carbons (Fsp3) is 0.421. The smallest absolute Gasteiger partial charge is 0.162 e. The maximum absolute atomic E-state index is 6.32. The number of benzene rings is 3. The highest BCUT2D eigenvalue weighted by Gasteiger charge is 2.11. The van der Waals surface area contributed by atoms with E-state index < -0.39 is 0 Å². The molecule has 0 saturated carbocycles. The molecule has 210 valence electrons. The number of ether oxygens (including phenoxy) is 2. The first-order valence-corrected chi connectivity index (χ1v) is 15.4. The van der Waals surface area contributed by atoms with Gasteiger partial charge in [-0.2, -0.15) is 0 Å². The fourth-order valence-electron chi connectivity index (χ4n) is 4.44. The minimum Gasteiger partial charge on any atom is -0.490 e. The monoisotopic (exact) mass is 534 g/mol. The van der Waals surface area contributed by atoms with Gasteiger partial charge < -0.3 is 9.47 Å². The Bertz CT molecular complexity index is 1120. The average Bonchev–Trinajstić information content (AvgIpc) is 3.00. The lowest BCUT2D eigenvalue weighted by Gasteiger charge is -2.15. The summed E-state index contributed by atoms with van der Waals surface area (Å²) in [5, 5.41) is 0. The predicted octanol–water partition coefficient (Wildman–Crippen LogP) is 9.96. The van der Waals surface area contributed by atoms with Crippen LogP contribution in [0.25, 0.3) is 0 Å². The lowest BCUT2D eigenvalue weighted by molar-refractivity contribution is 0.258. The third-order valence-electron chi connectivity index (χ3n) is 6.83. The molecule has 0 saturated heterocycles. The first kappa shape index (κ1) is 30.9. The number of hydrogen-bond acceptors (Lipinski definition) is 2. The Morgan fingerprint density at radius 1 is 0.450 bits per heavy atom. The summed E-state index contributed by atoms with van der Waals surface area (Å²) in [7, 11) is 0. The molecule has 3 rings (SSSR count). The molecule has 0 atom stereocenters. The largest absolute Gasteiger partial charge is 0.490 e. The predicted molar refractivity (Wildman–Crippen MR) is 169 cm³/mol. The molecule has 40 heavy (non-hydrogen) atoms. The Morgan fingerprint density at radius 2 is 0.825 bits per heavy atom. The zero-order valence-corrected chi connectivity index (χ0v) is 24.6. The van der Waals surface area contributed by atoms with Gasteiger partial charge in [-0.05, 0) is 37.1 Å². The van der Waals surface area contributed by atoms with Crippen LogP contribution in [0.3, 0.4) is 0 Å². The van der Waals surface area contributed by atoms with Gasteiger partial charge in [0.2, 0.25) is 0 Å². The summed E-state index contributed by atoms with van der Waals surface area (Å²) in [5.74, 6) is 14.9. The molecule has 2 heteroatoms. The van der Waals surface area contributed by atoms with E-state index in [-0.39, 0.29) is 0 Å². The summed E-state index contributed by atoms with van der Waals surface area (Å²) in [6.45, 7) is 5.87. The molecular formula is C38H46O2. The van der Waals surface area contributed by atoms with Gasteiger partial charge in [0.25, 0.3) is 0 Å². The quantitative estimate of drug-likeness (QED) is 0.134. The van der Waals surface area contributed by atoms with Crippen molar-refractivity contribution in [3.8, 4) is 35.2 Å². The van der Waals surface area contributed by atoms with Crippen LogP contribution >= 0.6 is 0 Å². The second kappa shape index (κ2) is 19.4. The minimum absolute atomic E-state index is 0.681. The van der Waals surface area contributed by atoms with Crippen LogP contribution in [0.5, 0.6) is 11.5 Å². The Hall–Kier alpha value is -3.62. The standard InChI is InChI=1S/C38H46O2/c1-3-5-7-9-11-19-29-39-37-31-35(27-25-33-21-15-13-16-22-33)36(28-26-34-23-17-14-18-24-34)32-38(37)40-30-20-12-10-8-6-4-2/h13-18,21-24,31-32H,3-12,19-20,29-30H2,1-2H3. The molecule has 0 fully saturated rings. The van der Waals surface area contributed by atoms with E-state index in [0.717, 1.165) is 46.6 Å².